The topological polar surface area (TPSA) is 79.7 Å². The van der Waals surface area contributed by atoms with Crippen molar-refractivity contribution in [3.05, 3.63) is 45.9 Å². The first-order valence-corrected chi connectivity index (χ1v) is 9.87. The van der Waals surface area contributed by atoms with E-state index in [0.29, 0.717) is 36.8 Å². The number of rotatable bonds is 3. The number of thiazole rings is 1. The highest BCUT2D eigenvalue weighted by Crippen LogP contribution is 2.46. The zero-order chi connectivity index (χ0) is 20.2. The van der Waals surface area contributed by atoms with Crippen LogP contribution in [0, 0.1) is 6.92 Å². The second kappa shape index (κ2) is 6.62. The molecule has 1 aromatic heterocycles. The Bertz CT molecular complexity index is 1150. The number of hydrogen-bond acceptors (Lipinski definition) is 5. The van der Waals surface area contributed by atoms with Crippen LogP contribution >= 0.6 is 34.5 Å². The fourth-order valence-corrected chi connectivity index (χ4v) is 4.64. The summed E-state index contributed by atoms with van der Waals surface area (Å²) in [5.74, 6) is -1.22. The summed E-state index contributed by atoms with van der Waals surface area (Å²) in [6.07, 6.45) is -0.479. The molecule has 1 aliphatic heterocycles. The van der Waals surface area contributed by atoms with Crippen LogP contribution in [0.25, 0.3) is 10.2 Å². The second-order valence-electron chi connectivity index (χ2n) is 6.72. The molecule has 1 atom stereocenters. The molecule has 2 aromatic carbocycles. The fourth-order valence-electron chi connectivity index (χ4n) is 3.13. The number of ether oxygens (including phenoxy) is 1. The highest BCUT2D eigenvalue weighted by molar-refractivity contribution is 7.23. The largest absolute Gasteiger partial charge is 0.481 e. The van der Waals surface area contributed by atoms with Crippen molar-refractivity contribution in [1.82, 2.24) is 4.98 Å². The molecule has 0 fully saturated rings. The van der Waals surface area contributed by atoms with Crippen LogP contribution < -0.4 is 9.64 Å². The molecule has 0 spiro atoms. The summed E-state index contributed by atoms with van der Waals surface area (Å²) < 4.78 is 6.47. The van der Waals surface area contributed by atoms with Crippen LogP contribution in [-0.4, -0.2) is 27.6 Å². The highest BCUT2D eigenvalue weighted by Gasteiger charge is 2.47. The Hall–Kier alpha value is -2.35. The maximum Gasteiger partial charge on any atom is 0.307 e. The van der Waals surface area contributed by atoms with Gasteiger partial charge in [0, 0.05) is 0 Å². The quantitative estimate of drug-likeness (QED) is 0.609. The first kappa shape index (κ1) is 19.0. The predicted molar refractivity (Wildman–Crippen MR) is 109 cm³/mol. The van der Waals surface area contributed by atoms with Crippen LogP contribution in [0.5, 0.6) is 5.75 Å². The summed E-state index contributed by atoms with van der Waals surface area (Å²) in [6, 6.07) is 8.73. The Morgan fingerprint density at radius 3 is 2.79 bits per heavy atom. The van der Waals surface area contributed by atoms with Gasteiger partial charge in [0.25, 0.3) is 5.91 Å². The maximum atomic E-state index is 13.3. The Kier molecular flexibility index (Phi) is 4.49. The standard InChI is InChI=1S/C19H14Cl2N2O4S/c1-9-3-6-13-12(7-9)23(17(26)19(2,27-13)8-14(24)25)18-22-11-5-4-10(20)15(21)16(11)28-18/h3-7H,8H2,1-2H3,(H,24,25). The van der Waals surface area contributed by atoms with Crippen molar-refractivity contribution in [3.8, 4) is 5.75 Å². The van der Waals surface area contributed by atoms with Crippen LogP contribution in [0.3, 0.4) is 0 Å². The number of nitrogens with zero attached hydrogens (tertiary/aromatic N) is 2. The maximum absolute atomic E-state index is 13.3. The molecule has 6 nitrogen and oxygen atoms in total. The van der Waals surface area contributed by atoms with Crippen LogP contribution in [0.2, 0.25) is 10.0 Å². The molecule has 28 heavy (non-hydrogen) atoms. The molecule has 0 saturated carbocycles. The van der Waals surface area contributed by atoms with Gasteiger partial charge in [-0.05, 0) is 43.7 Å². The fraction of sp³-hybridized carbons (Fsp3) is 0.211. The normalized spacial score (nSPS) is 18.9. The van der Waals surface area contributed by atoms with E-state index in [9.17, 15) is 14.7 Å². The number of halogens is 2. The lowest BCUT2D eigenvalue weighted by Crippen LogP contribution is -2.53. The Labute approximate surface area is 174 Å². The number of anilines is 2. The average molecular weight is 437 g/mol. The lowest BCUT2D eigenvalue weighted by molar-refractivity contribution is -0.148. The van der Waals surface area contributed by atoms with Crippen LogP contribution in [0.4, 0.5) is 10.8 Å². The molecule has 0 aliphatic carbocycles. The van der Waals surface area contributed by atoms with E-state index in [1.165, 1.54) is 23.2 Å². The van der Waals surface area contributed by atoms with Gasteiger partial charge in [-0.3, -0.25) is 9.59 Å². The SMILES string of the molecule is Cc1ccc2c(c1)N(c1nc3ccc(Cl)c(Cl)c3s1)C(=O)C(C)(CC(=O)O)O2. The Morgan fingerprint density at radius 2 is 2.07 bits per heavy atom. The number of amides is 1. The molecule has 4 rings (SSSR count). The molecule has 1 aliphatic rings. The third kappa shape index (κ3) is 2.99. The van der Waals surface area contributed by atoms with E-state index in [1.807, 2.05) is 13.0 Å². The smallest absolute Gasteiger partial charge is 0.307 e. The number of carboxylic acids is 1. The second-order valence-corrected chi connectivity index (χ2v) is 8.48. The van der Waals surface area contributed by atoms with Gasteiger partial charge >= 0.3 is 5.97 Å². The van der Waals surface area contributed by atoms with Crippen molar-refractivity contribution in [3.63, 3.8) is 0 Å². The van der Waals surface area contributed by atoms with E-state index in [1.54, 1.807) is 24.3 Å². The monoisotopic (exact) mass is 436 g/mol. The van der Waals surface area contributed by atoms with Gasteiger partial charge in [-0.25, -0.2) is 9.88 Å². The van der Waals surface area contributed by atoms with Gasteiger partial charge in [0.2, 0.25) is 0 Å². The molecule has 1 unspecified atom stereocenters. The Morgan fingerprint density at radius 1 is 1.32 bits per heavy atom. The van der Waals surface area contributed by atoms with Crippen molar-refractivity contribution < 1.29 is 19.4 Å². The van der Waals surface area contributed by atoms with Crippen molar-refractivity contribution in [1.29, 1.82) is 0 Å². The minimum atomic E-state index is -1.56. The Balaban J connectivity index is 1.93. The first-order valence-electron chi connectivity index (χ1n) is 8.30. The summed E-state index contributed by atoms with van der Waals surface area (Å²) in [5, 5.41) is 10.4. The first-order chi connectivity index (χ1) is 13.2. The molecule has 0 saturated heterocycles. The minimum absolute atomic E-state index is 0.362. The van der Waals surface area contributed by atoms with Gasteiger partial charge in [-0.2, -0.15) is 0 Å². The van der Waals surface area contributed by atoms with Gasteiger partial charge in [0.05, 0.1) is 32.4 Å². The van der Waals surface area contributed by atoms with E-state index >= 15 is 0 Å². The van der Waals surface area contributed by atoms with Gasteiger partial charge in [0.15, 0.2) is 10.7 Å². The third-order valence-electron chi connectivity index (χ3n) is 4.46. The van der Waals surface area contributed by atoms with Gasteiger partial charge in [-0.1, -0.05) is 40.6 Å². The molecular weight excluding hydrogens is 423 g/mol. The van der Waals surface area contributed by atoms with Gasteiger partial charge in [0.1, 0.15) is 5.75 Å². The zero-order valence-electron chi connectivity index (χ0n) is 14.8. The van der Waals surface area contributed by atoms with Crippen molar-refractivity contribution >= 4 is 67.5 Å². The van der Waals surface area contributed by atoms with E-state index in [-0.39, 0.29) is 0 Å². The predicted octanol–water partition coefficient (Wildman–Crippen LogP) is 5.20. The van der Waals surface area contributed by atoms with Gasteiger partial charge < -0.3 is 9.84 Å². The van der Waals surface area contributed by atoms with Gasteiger partial charge in [-0.15, -0.1) is 0 Å². The summed E-state index contributed by atoms with van der Waals surface area (Å²) in [7, 11) is 0. The number of carbonyl (C=O) groups excluding carboxylic acids is 1. The molecule has 1 N–H and O–H groups in total. The molecule has 0 radical (unpaired) electrons. The number of aliphatic carboxylic acids is 1. The molecule has 144 valence electrons. The lowest BCUT2D eigenvalue weighted by Gasteiger charge is -2.39. The number of hydrogen-bond donors (Lipinski definition) is 1. The number of carbonyl (C=O) groups is 2. The number of aromatic nitrogens is 1. The van der Waals surface area contributed by atoms with Crippen LogP contribution in [0.15, 0.2) is 30.3 Å². The third-order valence-corrected chi connectivity index (χ3v) is 6.45. The van der Waals surface area contributed by atoms with Crippen molar-refractivity contribution in [2.45, 2.75) is 25.9 Å². The summed E-state index contributed by atoms with van der Waals surface area (Å²) >= 11 is 13.6. The number of aryl methyl sites for hydroxylation is 1. The van der Waals surface area contributed by atoms with Crippen LogP contribution in [-0.2, 0) is 9.59 Å². The summed E-state index contributed by atoms with van der Waals surface area (Å²) in [5.41, 5.74) is 0.467. The molecule has 2 heterocycles. The molecule has 1 amide bonds. The molecular formula is C19H14Cl2N2O4S. The van der Waals surface area contributed by atoms with E-state index in [2.05, 4.69) is 4.98 Å². The van der Waals surface area contributed by atoms with E-state index < -0.39 is 23.9 Å². The van der Waals surface area contributed by atoms with Crippen LogP contribution in [0.1, 0.15) is 18.9 Å². The lowest BCUT2D eigenvalue weighted by atomic mass is 9.97. The summed E-state index contributed by atoms with van der Waals surface area (Å²) in [4.78, 5) is 30.6. The molecule has 0 bridgehead atoms. The van der Waals surface area contributed by atoms with Crippen molar-refractivity contribution in [2.75, 3.05) is 4.90 Å². The van der Waals surface area contributed by atoms with Crippen molar-refractivity contribution in [2.24, 2.45) is 0 Å². The average Bonchev–Trinajstić information content (AvgIpc) is 3.04. The minimum Gasteiger partial charge on any atom is -0.481 e. The molecule has 9 heteroatoms. The zero-order valence-corrected chi connectivity index (χ0v) is 17.2. The number of benzene rings is 2. The number of fused-ring (bicyclic) bond motifs is 2. The summed E-state index contributed by atoms with van der Waals surface area (Å²) in [6.45, 7) is 3.36. The van der Waals surface area contributed by atoms with E-state index in [0.717, 1.165) is 5.56 Å². The van der Waals surface area contributed by atoms with E-state index in [4.69, 9.17) is 27.9 Å². The molecule has 3 aromatic rings. The highest BCUT2D eigenvalue weighted by atomic mass is 35.5. The number of carboxylic acid groups (broad SMARTS) is 1.